The molecule has 94 valence electrons. The highest BCUT2D eigenvalue weighted by Gasteiger charge is 2.36. The Labute approximate surface area is 103 Å². The van der Waals surface area contributed by atoms with Crippen molar-refractivity contribution in [3.05, 3.63) is 41.7 Å². The maximum atomic E-state index is 13.4. The minimum Gasteiger partial charge on any atom is -0.327 e. The number of hydrogen-bond acceptors (Lipinski definition) is 2. The van der Waals surface area contributed by atoms with Gasteiger partial charge < -0.3 is 5.73 Å². The van der Waals surface area contributed by atoms with Crippen LogP contribution < -0.4 is 5.73 Å². The standard InChI is InChI=1S/C12H14F3NS/c1-2-9-4-3-5-10(8-9)17-12(14,15)11(13)6-7-16/h3-6,8H,2,7,16H2,1H3/b11-6-. The maximum Gasteiger partial charge on any atom is 0.348 e. The molecule has 5 heteroatoms. The number of alkyl halides is 2. The number of halogens is 3. The first-order valence-corrected chi connectivity index (χ1v) is 6.03. The Bertz CT molecular complexity index is 404. The molecule has 0 fully saturated rings. The van der Waals surface area contributed by atoms with E-state index in [2.05, 4.69) is 0 Å². The van der Waals surface area contributed by atoms with Gasteiger partial charge in [0, 0.05) is 11.4 Å². The van der Waals surface area contributed by atoms with Crippen molar-refractivity contribution >= 4 is 11.8 Å². The fourth-order valence-corrected chi connectivity index (χ4v) is 2.08. The van der Waals surface area contributed by atoms with Gasteiger partial charge in [-0.2, -0.15) is 8.78 Å². The maximum absolute atomic E-state index is 13.4. The van der Waals surface area contributed by atoms with Gasteiger partial charge in [0.1, 0.15) is 0 Å². The van der Waals surface area contributed by atoms with E-state index in [4.69, 9.17) is 5.73 Å². The Balaban J connectivity index is 2.85. The average Bonchev–Trinajstić information content (AvgIpc) is 2.29. The van der Waals surface area contributed by atoms with Gasteiger partial charge in [0.2, 0.25) is 0 Å². The minimum absolute atomic E-state index is 0.191. The Morgan fingerprint density at radius 2 is 2.18 bits per heavy atom. The van der Waals surface area contributed by atoms with Crippen LogP contribution in [0.1, 0.15) is 12.5 Å². The molecule has 0 radical (unpaired) electrons. The van der Waals surface area contributed by atoms with Crippen molar-refractivity contribution in [1.82, 2.24) is 0 Å². The van der Waals surface area contributed by atoms with Crippen molar-refractivity contribution in [3.8, 4) is 0 Å². The zero-order valence-electron chi connectivity index (χ0n) is 9.42. The Kier molecular flexibility index (Phi) is 5.08. The highest BCUT2D eigenvalue weighted by molar-refractivity contribution is 8.00. The van der Waals surface area contributed by atoms with Crippen LogP contribution in [-0.2, 0) is 6.42 Å². The summed E-state index contributed by atoms with van der Waals surface area (Å²) in [5.41, 5.74) is 5.95. The average molecular weight is 261 g/mol. The van der Waals surface area contributed by atoms with Gasteiger partial charge in [-0.1, -0.05) is 19.1 Å². The molecule has 0 aliphatic heterocycles. The molecule has 0 aliphatic rings. The predicted octanol–water partition coefficient (Wildman–Crippen LogP) is 3.75. The molecular formula is C12H14F3NS. The predicted molar refractivity (Wildman–Crippen MR) is 64.9 cm³/mol. The van der Waals surface area contributed by atoms with Crippen LogP contribution >= 0.6 is 11.8 Å². The lowest BCUT2D eigenvalue weighted by Crippen LogP contribution is -2.12. The molecule has 2 N–H and O–H groups in total. The van der Waals surface area contributed by atoms with Gasteiger partial charge in [-0.25, -0.2) is 4.39 Å². The van der Waals surface area contributed by atoms with Gasteiger partial charge >= 0.3 is 5.25 Å². The normalized spacial score (nSPS) is 12.9. The van der Waals surface area contributed by atoms with Gasteiger partial charge in [0.25, 0.3) is 0 Å². The molecule has 0 saturated heterocycles. The first-order chi connectivity index (χ1) is 7.99. The molecule has 0 bridgehead atoms. The number of benzene rings is 1. The van der Waals surface area contributed by atoms with E-state index in [1.807, 2.05) is 13.0 Å². The molecule has 0 aromatic heterocycles. The molecule has 0 amide bonds. The first-order valence-electron chi connectivity index (χ1n) is 5.21. The first kappa shape index (κ1) is 14.1. The fraction of sp³-hybridized carbons (Fsp3) is 0.333. The summed E-state index contributed by atoms with van der Waals surface area (Å²) >= 11 is 0.191. The smallest absolute Gasteiger partial charge is 0.327 e. The van der Waals surface area contributed by atoms with Crippen LogP contribution in [0.2, 0.25) is 0 Å². The van der Waals surface area contributed by atoms with Crippen LogP contribution in [0.5, 0.6) is 0 Å². The molecular weight excluding hydrogens is 247 g/mol. The monoisotopic (exact) mass is 261 g/mol. The molecule has 0 unspecified atom stereocenters. The zero-order valence-corrected chi connectivity index (χ0v) is 10.2. The van der Waals surface area contributed by atoms with Crippen LogP contribution in [0.25, 0.3) is 0 Å². The van der Waals surface area contributed by atoms with E-state index in [1.54, 1.807) is 12.1 Å². The summed E-state index contributed by atoms with van der Waals surface area (Å²) < 4.78 is 39.8. The largest absolute Gasteiger partial charge is 0.348 e. The molecule has 1 rings (SSSR count). The number of thioether (sulfide) groups is 1. The van der Waals surface area contributed by atoms with E-state index in [-0.39, 0.29) is 18.3 Å². The van der Waals surface area contributed by atoms with E-state index in [1.165, 1.54) is 6.07 Å². The summed E-state index contributed by atoms with van der Waals surface area (Å²) in [6.45, 7) is 1.69. The number of rotatable bonds is 5. The van der Waals surface area contributed by atoms with Crippen molar-refractivity contribution in [2.75, 3.05) is 6.54 Å². The van der Waals surface area contributed by atoms with Crippen LogP contribution in [0.3, 0.4) is 0 Å². The molecule has 0 aliphatic carbocycles. The summed E-state index contributed by atoms with van der Waals surface area (Å²) in [4.78, 5) is 0.343. The molecule has 0 atom stereocenters. The van der Waals surface area contributed by atoms with E-state index in [9.17, 15) is 13.2 Å². The van der Waals surface area contributed by atoms with E-state index < -0.39 is 11.1 Å². The quantitative estimate of drug-likeness (QED) is 0.817. The molecule has 0 heterocycles. The lowest BCUT2D eigenvalue weighted by atomic mass is 10.2. The van der Waals surface area contributed by atoms with Crippen molar-refractivity contribution in [1.29, 1.82) is 0 Å². The molecule has 0 spiro atoms. The van der Waals surface area contributed by atoms with E-state index >= 15 is 0 Å². The van der Waals surface area contributed by atoms with Gasteiger partial charge in [-0.3, -0.25) is 0 Å². The van der Waals surface area contributed by atoms with E-state index in [0.717, 1.165) is 12.0 Å². The second-order valence-corrected chi connectivity index (χ2v) is 4.60. The van der Waals surface area contributed by atoms with Gasteiger partial charge in [-0.15, -0.1) is 0 Å². The Morgan fingerprint density at radius 1 is 1.47 bits per heavy atom. The number of nitrogens with two attached hydrogens (primary N) is 1. The second kappa shape index (κ2) is 6.12. The third kappa shape index (κ3) is 4.09. The third-order valence-corrected chi connectivity index (χ3v) is 3.07. The highest BCUT2D eigenvalue weighted by Crippen LogP contribution is 2.41. The van der Waals surface area contributed by atoms with Crippen LogP contribution in [0, 0.1) is 0 Å². The molecule has 1 nitrogen and oxygen atoms in total. The van der Waals surface area contributed by atoms with Crippen LogP contribution in [0.15, 0.2) is 41.1 Å². The van der Waals surface area contributed by atoms with Crippen LogP contribution in [-0.4, -0.2) is 11.8 Å². The molecule has 0 saturated carbocycles. The third-order valence-electron chi connectivity index (χ3n) is 2.13. The van der Waals surface area contributed by atoms with Gasteiger partial charge in [0.15, 0.2) is 5.83 Å². The van der Waals surface area contributed by atoms with Crippen molar-refractivity contribution in [2.24, 2.45) is 5.73 Å². The van der Waals surface area contributed by atoms with Crippen LogP contribution in [0.4, 0.5) is 13.2 Å². The lowest BCUT2D eigenvalue weighted by Gasteiger charge is -2.14. The van der Waals surface area contributed by atoms with Gasteiger partial charge in [0.05, 0.1) is 0 Å². The fourth-order valence-electron chi connectivity index (χ4n) is 1.25. The van der Waals surface area contributed by atoms with Crippen molar-refractivity contribution in [2.45, 2.75) is 23.5 Å². The minimum atomic E-state index is -3.56. The molecule has 1 aromatic carbocycles. The zero-order chi connectivity index (χ0) is 12.9. The van der Waals surface area contributed by atoms with E-state index in [0.29, 0.717) is 11.0 Å². The lowest BCUT2D eigenvalue weighted by molar-refractivity contribution is 0.118. The highest BCUT2D eigenvalue weighted by atomic mass is 32.2. The summed E-state index contributed by atoms with van der Waals surface area (Å²) in [6, 6.07) is 6.69. The summed E-state index contributed by atoms with van der Waals surface area (Å²) in [7, 11) is 0. The van der Waals surface area contributed by atoms with Gasteiger partial charge in [-0.05, 0) is 42.0 Å². The summed E-state index contributed by atoms with van der Waals surface area (Å²) in [5.74, 6) is -1.49. The molecule has 1 aromatic rings. The second-order valence-electron chi connectivity index (χ2n) is 3.41. The number of hydrogen-bond donors (Lipinski definition) is 1. The molecule has 17 heavy (non-hydrogen) atoms. The topological polar surface area (TPSA) is 26.0 Å². The number of aryl methyl sites for hydroxylation is 1. The Morgan fingerprint density at radius 3 is 2.76 bits per heavy atom. The summed E-state index contributed by atoms with van der Waals surface area (Å²) in [5, 5.41) is -3.56. The van der Waals surface area contributed by atoms with Crippen molar-refractivity contribution < 1.29 is 13.2 Å². The Hall–Kier alpha value is -0.940. The summed E-state index contributed by atoms with van der Waals surface area (Å²) in [6.07, 6.45) is 1.44. The van der Waals surface area contributed by atoms with Crippen molar-refractivity contribution in [3.63, 3.8) is 0 Å². The SMILES string of the molecule is CCc1cccc(SC(F)(F)/C(F)=C/CN)c1.